The third-order valence-electron chi connectivity index (χ3n) is 4.46. The molecule has 7 heteroatoms. The lowest BCUT2D eigenvalue weighted by Crippen LogP contribution is -2.01. The Hall–Kier alpha value is -2.50. The van der Waals surface area contributed by atoms with Crippen molar-refractivity contribution in [2.24, 2.45) is 0 Å². The Bertz CT molecular complexity index is 1050. The van der Waals surface area contributed by atoms with Crippen LogP contribution in [-0.4, -0.2) is 24.4 Å². The highest BCUT2D eigenvalue weighted by molar-refractivity contribution is 6.42. The van der Waals surface area contributed by atoms with Gasteiger partial charge in [-0.15, -0.1) is 0 Å². The summed E-state index contributed by atoms with van der Waals surface area (Å²) in [6.45, 7) is 0.553. The topological polar surface area (TPSA) is 62.1 Å². The molecular formula is C19H17Cl2N3O2. The van der Waals surface area contributed by atoms with E-state index in [-0.39, 0.29) is 0 Å². The number of methoxy groups -OCH3 is 2. The fraction of sp³-hybridized carbons (Fsp3) is 0.158. The quantitative estimate of drug-likeness (QED) is 0.420. The van der Waals surface area contributed by atoms with Crippen molar-refractivity contribution in [3.8, 4) is 22.8 Å². The molecular weight excluding hydrogens is 373 g/mol. The van der Waals surface area contributed by atoms with Crippen molar-refractivity contribution >= 4 is 39.8 Å². The van der Waals surface area contributed by atoms with Gasteiger partial charge in [-0.2, -0.15) is 0 Å². The molecule has 2 aromatic carbocycles. The Morgan fingerprint density at radius 3 is 2.54 bits per heavy atom. The first-order valence-electron chi connectivity index (χ1n) is 8.04. The van der Waals surface area contributed by atoms with E-state index < -0.39 is 0 Å². The number of aromatic amines is 2. The van der Waals surface area contributed by atoms with Crippen LogP contribution < -0.4 is 14.8 Å². The van der Waals surface area contributed by atoms with Crippen molar-refractivity contribution in [1.82, 2.24) is 10.2 Å². The van der Waals surface area contributed by atoms with E-state index in [2.05, 4.69) is 21.6 Å². The van der Waals surface area contributed by atoms with Gasteiger partial charge in [0, 0.05) is 17.5 Å². The summed E-state index contributed by atoms with van der Waals surface area (Å²) in [6.07, 6.45) is 0. The van der Waals surface area contributed by atoms with Gasteiger partial charge < -0.3 is 14.8 Å². The standard InChI is InChI=1S/C19H17Cl2N3O2/c1-25-15-7-11-6-13-18(12(11)8-16(15)26-2)23-24-19(13)22-9-10-4-3-5-14(20)17(10)21/h3-8,22-24H,9H2,1-2H3. The smallest absolute Gasteiger partial charge is 0.161 e. The Kier molecular flexibility index (Phi) is 4.34. The van der Waals surface area contributed by atoms with Gasteiger partial charge in [-0.3, -0.25) is 10.2 Å². The SMILES string of the molecule is COc1cc2cc3c(NCc4cccc(Cl)c4Cl)[nH][nH]c-3c2cc1OC. The molecule has 0 fully saturated rings. The zero-order valence-corrected chi connectivity index (χ0v) is 15.8. The Morgan fingerprint density at radius 1 is 1.00 bits per heavy atom. The number of aromatic nitrogens is 2. The van der Waals surface area contributed by atoms with Gasteiger partial charge in [0.25, 0.3) is 0 Å². The second kappa shape index (κ2) is 6.67. The normalized spacial score (nSPS) is 11.2. The first-order valence-corrected chi connectivity index (χ1v) is 8.79. The maximum Gasteiger partial charge on any atom is 0.161 e. The predicted octanol–water partition coefficient (Wildman–Crippen LogP) is 5.54. The molecule has 1 heterocycles. The molecule has 2 aromatic rings. The summed E-state index contributed by atoms with van der Waals surface area (Å²) in [5.74, 6) is 2.28. The summed E-state index contributed by atoms with van der Waals surface area (Å²) in [5, 5.41) is 13.0. The van der Waals surface area contributed by atoms with Gasteiger partial charge in [0.2, 0.25) is 0 Å². The number of anilines is 1. The average Bonchev–Trinajstić information content (AvgIpc) is 3.20. The molecule has 4 rings (SSSR count). The number of hydrogen-bond acceptors (Lipinski definition) is 3. The number of halogens is 2. The average molecular weight is 390 g/mol. The van der Waals surface area contributed by atoms with E-state index in [1.54, 1.807) is 20.3 Å². The first-order chi connectivity index (χ1) is 12.6. The number of fused-ring (bicyclic) bond motifs is 3. The molecule has 0 atom stereocenters. The van der Waals surface area contributed by atoms with E-state index >= 15 is 0 Å². The second-order valence-corrected chi connectivity index (χ2v) is 6.70. The minimum Gasteiger partial charge on any atom is -0.493 e. The monoisotopic (exact) mass is 389 g/mol. The van der Waals surface area contributed by atoms with Gasteiger partial charge in [0.15, 0.2) is 11.5 Å². The molecule has 0 spiro atoms. The van der Waals surface area contributed by atoms with Crippen LogP contribution in [0.15, 0.2) is 36.4 Å². The molecule has 134 valence electrons. The van der Waals surface area contributed by atoms with Gasteiger partial charge in [-0.25, -0.2) is 0 Å². The molecule has 0 radical (unpaired) electrons. The lowest BCUT2D eigenvalue weighted by Gasteiger charge is -2.08. The van der Waals surface area contributed by atoms with Crippen LogP contribution in [0.1, 0.15) is 5.56 Å². The third-order valence-corrected chi connectivity index (χ3v) is 5.32. The number of hydrogen-bond donors (Lipinski definition) is 3. The molecule has 2 aliphatic rings. The van der Waals surface area contributed by atoms with E-state index in [1.165, 1.54) is 0 Å². The predicted molar refractivity (Wildman–Crippen MR) is 106 cm³/mol. The lowest BCUT2D eigenvalue weighted by atomic mass is 10.2. The molecule has 26 heavy (non-hydrogen) atoms. The van der Waals surface area contributed by atoms with Crippen LogP contribution in [0.25, 0.3) is 22.0 Å². The van der Waals surface area contributed by atoms with Crippen molar-refractivity contribution in [3.05, 3.63) is 52.0 Å². The number of benzene rings is 2. The Morgan fingerprint density at radius 2 is 1.77 bits per heavy atom. The van der Waals surface area contributed by atoms with Crippen molar-refractivity contribution in [2.45, 2.75) is 6.54 Å². The minimum absolute atomic E-state index is 0.549. The summed E-state index contributed by atoms with van der Waals surface area (Å²) >= 11 is 12.3. The highest BCUT2D eigenvalue weighted by atomic mass is 35.5. The highest BCUT2D eigenvalue weighted by Gasteiger charge is 2.19. The van der Waals surface area contributed by atoms with Crippen molar-refractivity contribution in [2.75, 3.05) is 19.5 Å². The molecule has 1 aliphatic carbocycles. The van der Waals surface area contributed by atoms with Crippen LogP contribution in [0, 0.1) is 0 Å². The molecule has 0 aromatic heterocycles. The van der Waals surface area contributed by atoms with Crippen LogP contribution >= 0.6 is 23.2 Å². The fourth-order valence-corrected chi connectivity index (χ4v) is 3.52. The lowest BCUT2D eigenvalue weighted by molar-refractivity contribution is 0.356. The van der Waals surface area contributed by atoms with Crippen LogP contribution in [-0.2, 0) is 6.54 Å². The van der Waals surface area contributed by atoms with Crippen LogP contribution in [0.2, 0.25) is 10.0 Å². The van der Waals surface area contributed by atoms with Gasteiger partial charge in [-0.1, -0.05) is 35.3 Å². The number of ether oxygens (including phenoxy) is 2. The molecule has 0 saturated carbocycles. The van der Waals surface area contributed by atoms with Gasteiger partial charge >= 0.3 is 0 Å². The number of H-pyrrole nitrogens is 2. The van der Waals surface area contributed by atoms with Gasteiger partial charge in [0.05, 0.1) is 30.0 Å². The minimum atomic E-state index is 0.549. The van der Waals surface area contributed by atoms with Crippen molar-refractivity contribution < 1.29 is 9.47 Å². The Labute approximate surface area is 160 Å². The molecule has 0 saturated heterocycles. The van der Waals surface area contributed by atoms with Crippen LogP contribution in [0.4, 0.5) is 5.82 Å². The summed E-state index contributed by atoms with van der Waals surface area (Å²) in [5.41, 5.74) is 2.98. The fourth-order valence-electron chi connectivity index (χ4n) is 3.14. The van der Waals surface area contributed by atoms with Gasteiger partial charge in [0.1, 0.15) is 5.82 Å². The van der Waals surface area contributed by atoms with E-state index in [0.717, 1.165) is 33.4 Å². The van der Waals surface area contributed by atoms with Crippen LogP contribution in [0.3, 0.4) is 0 Å². The molecule has 1 aliphatic heterocycles. The van der Waals surface area contributed by atoms with E-state index in [1.807, 2.05) is 24.3 Å². The van der Waals surface area contributed by atoms with Crippen molar-refractivity contribution in [3.63, 3.8) is 0 Å². The van der Waals surface area contributed by atoms with Crippen molar-refractivity contribution in [1.29, 1.82) is 0 Å². The maximum atomic E-state index is 6.26. The maximum absolute atomic E-state index is 6.26. The summed E-state index contributed by atoms with van der Waals surface area (Å²) in [7, 11) is 3.26. The number of nitrogens with one attached hydrogen (secondary N) is 3. The van der Waals surface area contributed by atoms with E-state index in [9.17, 15) is 0 Å². The largest absolute Gasteiger partial charge is 0.493 e. The van der Waals surface area contributed by atoms with Crippen LogP contribution in [0.5, 0.6) is 11.5 Å². The molecule has 0 amide bonds. The molecule has 0 unspecified atom stereocenters. The zero-order chi connectivity index (χ0) is 18.3. The first kappa shape index (κ1) is 16.9. The molecule has 5 nitrogen and oxygen atoms in total. The Balaban J connectivity index is 1.68. The third kappa shape index (κ3) is 2.73. The summed E-state index contributed by atoms with van der Waals surface area (Å²) in [6, 6.07) is 11.7. The zero-order valence-electron chi connectivity index (χ0n) is 14.2. The molecule has 3 N–H and O–H groups in total. The molecule has 0 bridgehead atoms. The number of rotatable bonds is 5. The second-order valence-electron chi connectivity index (χ2n) is 5.92. The van der Waals surface area contributed by atoms with Gasteiger partial charge in [-0.05, 0) is 35.2 Å². The summed E-state index contributed by atoms with van der Waals surface area (Å²) in [4.78, 5) is 0. The van der Waals surface area contributed by atoms with E-state index in [0.29, 0.717) is 28.1 Å². The van der Waals surface area contributed by atoms with E-state index in [4.69, 9.17) is 32.7 Å². The summed E-state index contributed by atoms with van der Waals surface area (Å²) < 4.78 is 10.8. The highest BCUT2D eigenvalue weighted by Crippen LogP contribution is 2.42.